The SMILES string of the molecule is Cc1ccc(SCC(=O)N(CCn2nc(C)cc2C)c2nc3c(C(C)C)cccc3s2)cc1. The predicted octanol–water partition coefficient (Wildman–Crippen LogP) is 6.37. The number of fused-ring (bicyclic) bond motifs is 1. The van der Waals surface area contributed by atoms with Gasteiger partial charge in [-0.25, -0.2) is 4.98 Å². The van der Waals surface area contributed by atoms with Gasteiger partial charge in [0.2, 0.25) is 5.91 Å². The molecule has 2 aromatic carbocycles. The number of carbonyl (C=O) groups excluding carboxylic acids is 1. The summed E-state index contributed by atoms with van der Waals surface area (Å²) in [6.45, 7) is 11.6. The van der Waals surface area contributed by atoms with Gasteiger partial charge in [-0.15, -0.1) is 11.8 Å². The highest BCUT2D eigenvalue weighted by molar-refractivity contribution is 8.00. The molecule has 1 amide bonds. The Morgan fingerprint density at radius 1 is 1.12 bits per heavy atom. The summed E-state index contributed by atoms with van der Waals surface area (Å²) in [6, 6.07) is 16.7. The van der Waals surface area contributed by atoms with E-state index in [0.29, 0.717) is 24.8 Å². The number of hydrogen-bond acceptors (Lipinski definition) is 5. The first-order chi connectivity index (χ1) is 15.8. The molecule has 0 aliphatic rings. The second-order valence-corrected chi connectivity index (χ2v) is 10.7. The number of anilines is 1. The molecule has 0 fully saturated rings. The summed E-state index contributed by atoms with van der Waals surface area (Å²) in [4.78, 5) is 21.3. The molecular formula is C26H30N4OS2. The molecule has 172 valence electrons. The highest BCUT2D eigenvalue weighted by Gasteiger charge is 2.22. The zero-order valence-electron chi connectivity index (χ0n) is 19.8. The van der Waals surface area contributed by atoms with E-state index < -0.39 is 0 Å². The largest absolute Gasteiger partial charge is 0.285 e. The first kappa shape index (κ1) is 23.5. The van der Waals surface area contributed by atoms with Gasteiger partial charge in [0.05, 0.1) is 28.2 Å². The maximum atomic E-state index is 13.4. The van der Waals surface area contributed by atoms with Crippen LogP contribution in [0.25, 0.3) is 10.2 Å². The third kappa shape index (κ3) is 5.47. The summed E-state index contributed by atoms with van der Waals surface area (Å²) in [5.41, 5.74) is 5.52. The molecule has 0 aliphatic carbocycles. The Hall–Kier alpha value is -2.64. The molecule has 2 heterocycles. The minimum absolute atomic E-state index is 0.0623. The number of benzene rings is 2. The van der Waals surface area contributed by atoms with E-state index in [2.05, 4.69) is 74.4 Å². The summed E-state index contributed by atoms with van der Waals surface area (Å²) < 4.78 is 3.08. The van der Waals surface area contributed by atoms with E-state index in [0.717, 1.165) is 31.6 Å². The van der Waals surface area contributed by atoms with Crippen molar-refractivity contribution in [3.8, 4) is 0 Å². The molecule has 0 spiro atoms. The van der Waals surface area contributed by atoms with Crippen molar-refractivity contribution in [3.05, 3.63) is 71.0 Å². The van der Waals surface area contributed by atoms with Crippen molar-refractivity contribution in [1.29, 1.82) is 0 Å². The highest BCUT2D eigenvalue weighted by atomic mass is 32.2. The van der Waals surface area contributed by atoms with Gasteiger partial charge in [-0.05, 0) is 56.5 Å². The van der Waals surface area contributed by atoms with Crippen molar-refractivity contribution in [1.82, 2.24) is 14.8 Å². The summed E-state index contributed by atoms with van der Waals surface area (Å²) in [5, 5.41) is 5.33. The van der Waals surface area contributed by atoms with Crippen LogP contribution in [-0.2, 0) is 11.3 Å². The van der Waals surface area contributed by atoms with E-state index in [-0.39, 0.29) is 5.91 Å². The summed E-state index contributed by atoms with van der Waals surface area (Å²) in [6.07, 6.45) is 0. The molecule has 0 atom stereocenters. The summed E-state index contributed by atoms with van der Waals surface area (Å²) in [5.74, 6) is 0.805. The molecular weight excluding hydrogens is 448 g/mol. The maximum Gasteiger partial charge on any atom is 0.239 e. The van der Waals surface area contributed by atoms with Crippen LogP contribution in [0.3, 0.4) is 0 Å². The lowest BCUT2D eigenvalue weighted by Gasteiger charge is -2.20. The normalized spacial score (nSPS) is 11.5. The fraction of sp³-hybridized carbons (Fsp3) is 0.346. The lowest BCUT2D eigenvalue weighted by atomic mass is 10.0. The predicted molar refractivity (Wildman–Crippen MR) is 140 cm³/mol. The average Bonchev–Trinajstić information content (AvgIpc) is 3.35. The number of aromatic nitrogens is 3. The van der Waals surface area contributed by atoms with E-state index >= 15 is 0 Å². The Kier molecular flexibility index (Phi) is 7.20. The number of amides is 1. The summed E-state index contributed by atoms with van der Waals surface area (Å²) >= 11 is 3.16. The molecule has 4 aromatic rings. The number of thioether (sulfide) groups is 1. The number of hydrogen-bond donors (Lipinski definition) is 0. The van der Waals surface area contributed by atoms with Gasteiger partial charge in [0, 0.05) is 17.1 Å². The molecule has 0 saturated carbocycles. The van der Waals surface area contributed by atoms with Gasteiger partial charge in [-0.1, -0.05) is 55.0 Å². The highest BCUT2D eigenvalue weighted by Crippen LogP contribution is 2.34. The Morgan fingerprint density at radius 3 is 2.55 bits per heavy atom. The van der Waals surface area contributed by atoms with E-state index in [1.165, 1.54) is 11.1 Å². The topological polar surface area (TPSA) is 51.0 Å². The van der Waals surface area contributed by atoms with Crippen LogP contribution in [0.1, 0.15) is 42.3 Å². The smallest absolute Gasteiger partial charge is 0.239 e. The fourth-order valence-corrected chi connectivity index (χ4v) is 5.64. The van der Waals surface area contributed by atoms with Gasteiger partial charge in [0.25, 0.3) is 0 Å². The van der Waals surface area contributed by atoms with Crippen molar-refractivity contribution < 1.29 is 4.79 Å². The van der Waals surface area contributed by atoms with Gasteiger partial charge in [-0.2, -0.15) is 5.10 Å². The standard InChI is InChI=1S/C26H30N4OS2/c1-17(2)22-7-6-8-23-25(22)27-26(33-23)29(13-14-30-20(5)15-19(4)28-30)24(31)16-32-21-11-9-18(3)10-12-21/h6-12,15,17H,13-14,16H2,1-5H3. The van der Waals surface area contributed by atoms with Crippen LogP contribution in [-0.4, -0.2) is 33.0 Å². The van der Waals surface area contributed by atoms with Crippen molar-refractivity contribution in [3.63, 3.8) is 0 Å². The molecule has 5 nitrogen and oxygen atoms in total. The Bertz CT molecular complexity index is 1260. The van der Waals surface area contributed by atoms with Crippen molar-refractivity contribution in [2.24, 2.45) is 0 Å². The van der Waals surface area contributed by atoms with Crippen molar-refractivity contribution in [2.75, 3.05) is 17.2 Å². The van der Waals surface area contributed by atoms with E-state index in [1.807, 2.05) is 23.4 Å². The number of rotatable bonds is 8. The quantitative estimate of drug-likeness (QED) is 0.276. The van der Waals surface area contributed by atoms with E-state index in [1.54, 1.807) is 23.1 Å². The summed E-state index contributed by atoms with van der Waals surface area (Å²) in [7, 11) is 0. The number of aryl methyl sites for hydroxylation is 3. The first-order valence-electron chi connectivity index (χ1n) is 11.2. The van der Waals surface area contributed by atoms with Gasteiger partial charge in [0.15, 0.2) is 5.13 Å². The second-order valence-electron chi connectivity index (χ2n) is 8.64. The van der Waals surface area contributed by atoms with Crippen LogP contribution in [0, 0.1) is 20.8 Å². The second kappa shape index (κ2) is 10.1. The zero-order valence-corrected chi connectivity index (χ0v) is 21.5. The van der Waals surface area contributed by atoms with Crippen LogP contribution in [0.4, 0.5) is 5.13 Å². The molecule has 4 rings (SSSR count). The lowest BCUT2D eigenvalue weighted by molar-refractivity contribution is -0.116. The zero-order chi connectivity index (χ0) is 23.5. The van der Waals surface area contributed by atoms with E-state index in [9.17, 15) is 4.79 Å². The molecule has 2 aromatic heterocycles. The Morgan fingerprint density at radius 2 is 1.88 bits per heavy atom. The van der Waals surface area contributed by atoms with Crippen LogP contribution in [0.2, 0.25) is 0 Å². The van der Waals surface area contributed by atoms with Crippen LogP contribution in [0.5, 0.6) is 0 Å². The number of thiazole rings is 1. The number of para-hydroxylation sites is 1. The van der Waals surface area contributed by atoms with Crippen molar-refractivity contribution in [2.45, 2.75) is 52.0 Å². The lowest BCUT2D eigenvalue weighted by Crippen LogP contribution is -2.35. The molecule has 33 heavy (non-hydrogen) atoms. The van der Waals surface area contributed by atoms with Gasteiger partial charge < -0.3 is 0 Å². The van der Waals surface area contributed by atoms with Crippen LogP contribution >= 0.6 is 23.1 Å². The average molecular weight is 479 g/mol. The Labute approximate surface area is 203 Å². The van der Waals surface area contributed by atoms with Gasteiger partial charge in [-0.3, -0.25) is 14.4 Å². The molecule has 0 saturated heterocycles. The first-order valence-corrected chi connectivity index (χ1v) is 13.0. The molecule has 0 bridgehead atoms. The van der Waals surface area contributed by atoms with Crippen LogP contribution in [0.15, 0.2) is 53.4 Å². The van der Waals surface area contributed by atoms with Gasteiger partial charge >= 0.3 is 0 Å². The molecule has 7 heteroatoms. The minimum atomic E-state index is 0.0623. The molecule has 0 unspecified atom stereocenters. The minimum Gasteiger partial charge on any atom is -0.285 e. The van der Waals surface area contributed by atoms with Crippen molar-refractivity contribution >= 4 is 44.4 Å². The third-order valence-electron chi connectivity index (χ3n) is 5.61. The van der Waals surface area contributed by atoms with Gasteiger partial charge in [0.1, 0.15) is 0 Å². The maximum absolute atomic E-state index is 13.4. The molecule has 0 aliphatic heterocycles. The monoisotopic (exact) mass is 478 g/mol. The molecule has 0 N–H and O–H groups in total. The fourth-order valence-electron chi connectivity index (χ4n) is 3.82. The van der Waals surface area contributed by atoms with E-state index in [4.69, 9.17) is 4.98 Å². The number of nitrogens with zero attached hydrogens (tertiary/aromatic N) is 4. The molecule has 0 radical (unpaired) electrons. The van der Waals surface area contributed by atoms with Crippen LogP contribution < -0.4 is 4.90 Å². The Balaban J connectivity index is 1.60. The third-order valence-corrected chi connectivity index (χ3v) is 7.66. The number of carbonyl (C=O) groups is 1.